The van der Waals surface area contributed by atoms with Gasteiger partial charge >= 0.3 is 0 Å². The lowest BCUT2D eigenvalue weighted by atomic mass is 10.2. The number of rotatable bonds is 6. The first-order chi connectivity index (χ1) is 14.0. The highest BCUT2D eigenvalue weighted by Gasteiger charge is 2.28. The Kier molecular flexibility index (Phi) is 5.58. The van der Waals surface area contributed by atoms with E-state index in [2.05, 4.69) is 10.3 Å². The van der Waals surface area contributed by atoms with E-state index in [0.717, 1.165) is 16.8 Å². The smallest absolute Gasteiger partial charge is 0.270 e. The van der Waals surface area contributed by atoms with Gasteiger partial charge in [0.25, 0.3) is 5.91 Å². The van der Waals surface area contributed by atoms with E-state index in [4.69, 9.17) is 11.6 Å². The molecule has 0 bridgehead atoms. The molecule has 2 heterocycles. The van der Waals surface area contributed by atoms with Gasteiger partial charge in [-0.3, -0.25) is 9.10 Å². The van der Waals surface area contributed by atoms with Gasteiger partial charge in [-0.2, -0.15) is 0 Å². The number of fused-ring (bicyclic) bond motifs is 1. The zero-order chi connectivity index (χ0) is 20.4. The van der Waals surface area contributed by atoms with E-state index >= 15 is 0 Å². The van der Waals surface area contributed by atoms with Crippen molar-refractivity contribution >= 4 is 44.6 Å². The van der Waals surface area contributed by atoms with Gasteiger partial charge in [-0.1, -0.05) is 48.0 Å². The van der Waals surface area contributed by atoms with Gasteiger partial charge in [-0.25, -0.2) is 13.4 Å². The second kappa shape index (κ2) is 8.14. The molecule has 1 amide bonds. The molecule has 1 N–H and O–H groups in total. The van der Waals surface area contributed by atoms with E-state index in [1.165, 1.54) is 15.6 Å². The lowest BCUT2D eigenvalue weighted by molar-refractivity contribution is 0.0952. The predicted molar refractivity (Wildman–Crippen MR) is 116 cm³/mol. The van der Waals surface area contributed by atoms with Crippen LogP contribution in [-0.2, 0) is 16.4 Å². The molecule has 0 atom stereocenters. The number of benzene rings is 2. The first-order valence-corrected chi connectivity index (χ1v) is 11.9. The molecule has 0 saturated carbocycles. The Balaban J connectivity index is 1.38. The summed E-state index contributed by atoms with van der Waals surface area (Å²) < 4.78 is 26.8. The van der Waals surface area contributed by atoms with Crippen molar-refractivity contribution < 1.29 is 13.2 Å². The number of thiazole rings is 1. The van der Waals surface area contributed by atoms with E-state index in [1.54, 1.807) is 11.4 Å². The van der Waals surface area contributed by atoms with E-state index in [-0.39, 0.29) is 18.0 Å². The van der Waals surface area contributed by atoms with Crippen molar-refractivity contribution in [2.75, 3.05) is 23.1 Å². The molecule has 0 spiro atoms. The number of anilines is 1. The fourth-order valence-corrected chi connectivity index (χ4v) is 5.78. The van der Waals surface area contributed by atoms with Gasteiger partial charge < -0.3 is 5.32 Å². The molecule has 0 unspecified atom stereocenters. The van der Waals surface area contributed by atoms with Crippen LogP contribution in [0.4, 0.5) is 5.69 Å². The van der Waals surface area contributed by atoms with Crippen molar-refractivity contribution in [1.29, 1.82) is 0 Å². The van der Waals surface area contributed by atoms with E-state index < -0.39 is 15.9 Å². The fraction of sp³-hybridized carbons (Fsp3) is 0.200. The van der Waals surface area contributed by atoms with E-state index in [9.17, 15) is 13.2 Å². The summed E-state index contributed by atoms with van der Waals surface area (Å²) in [5, 5.41) is 5.49. The first-order valence-electron chi connectivity index (χ1n) is 9.03. The average molecular weight is 448 g/mol. The van der Waals surface area contributed by atoms with Crippen LogP contribution >= 0.6 is 22.9 Å². The minimum absolute atomic E-state index is 0.0127. The third kappa shape index (κ3) is 4.14. The van der Waals surface area contributed by atoms with Crippen molar-refractivity contribution in [3.05, 3.63) is 70.2 Å². The minimum atomic E-state index is -3.51. The monoisotopic (exact) mass is 447 g/mol. The number of halogens is 1. The van der Waals surface area contributed by atoms with Gasteiger partial charge in [0.05, 0.1) is 16.5 Å². The highest BCUT2D eigenvalue weighted by molar-refractivity contribution is 7.92. The first kappa shape index (κ1) is 19.9. The summed E-state index contributed by atoms with van der Waals surface area (Å²) in [6.07, 6.45) is 0.700. The van der Waals surface area contributed by atoms with Crippen molar-refractivity contribution in [3.8, 4) is 10.6 Å². The Morgan fingerprint density at radius 3 is 2.76 bits per heavy atom. The summed E-state index contributed by atoms with van der Waals surface area (Å²) in [4.78, 5) is 16.7. The maximum absolute atomic E-state index is 12.7. The summed E-state index contributed by atoms with van der Waals surface area (Å²) in [7, 11) is -3.51. The third-order valence-corrected chi connectivity index (χ3v) is 7.64. The second-order valence-electron chi connectivity index (χ2n) is 6.54. The number of amides is 1. The Morgan fingerprint density at radius 1 is 1.17 bits per heavy atom. The summed E-state index contributed by atoms with van der Waals surface area (Å²) in [5.74, 6) is -0.578. The number of hydrogen-bond donors (Lipinski definition) is 1. The van der Waals surface area contributed by atoms with Crippen LogP contribution < -0.4 is 9.62 Å². The quantitative estimate of drug-likeness (QED) is 0.626. The topological polar surface area (TPSA) is 79.4 Å². The molecule has 6 nitrogen and oxygen atoms in total. The van der Waals surface area contributed by atoms with Crippen LogP contribution in [-0.4, -0.2) is 38.2 Å². The SMILES string of the molecule is O=C(NCCS(=O)(=O)N1CCc2ccccc21)c1csc(-c2ccccc2Cl)n1. The number of para-hydroxylation sites is 1. The zero-order valence-electron chi connectivity index (χ0n) is 15.3. The van der Waals surface area contributed by atoms with Crippen molar-refractivity contribution in [1.82, 2.24) is 10.3 Å². The number of nitrogens with zero attached hydrogens (tertiary/aromatic N) is 2. The van der Waals surface area contributed by atoms with E-state index in [0.29, 0.717) is 23.0 Å². The van der Waals surface area contributed by atoms with Crippen LogP contribution in [0.1, 0.15) is 16.1 Å². The second-order valence-corrected chi connectivity index (χ2v) is 9.82. The molecule has 1 aromatic heterocycles. The van der Waals surface area contributed by atoms with Gasteiger partial charge in [-0.15, -0.1) is 11.3 Å². The summed E-state index contributed by atoms with van der Waals surface area (Å²) in [6, 6.07) is 14.8. The lowest BCUT2D eigenvalue weighted by Crippen LogP contribution is -2.37. The number of hydrogen-bond acceptors (Lipinski definition) is 5. The van der Waals surface area contributed by atoms with Crippen LogP contribution in [0.3, 0.4) is 0 Å². The third-order valence-electron chi connectivity index (χ3n) is 4.67. The number of nitrogens with one attached hydrogen (secondary N) is 1. The minimum Gasteiger partial charge on any atom is -0.350 e. The van der Waals surface area contributed by atoms with Crippen molar-refractivity contribution in [2.24, 2.45) is 0 Å². The largest absolute Gasteiger partial charge is 0.350 e. The fourth-order valence-electron chi connectivity index (χ4n) is 3.23. The maximum Gasteiger partial charge on any atom is 0.270 e. The molecule has 4 rings (SSSR count). The van der Waals surface area contributed by atoms with Crippen LogP contribution in [0.2, 0.25) is 5.02 Å². The molecular weight excluding hydrogens is 430 g/mol. The number of sulfonamides is 1. The van der Waals surface area contributed by atoms with Crippen molar-refractivity contribution in [2.45, 2.75) is 6.42 Å². The number of aromatic nitrogens is 1. The Morgan fingerprint density at radius 2 is 1.93 bits per heavy atom. The highest BCUT2D eigenvalue weighted by Crippen LogP contribution is 2.31. The molecular formula is C20H18ClN3O3S2. The normalized spacial score (nSPS) is 13.3. The molecule has 2 aromatic carbocycles. The van der Waals surface area contributed by atoms with Crippen molar-refractivity contribution in [3.63, 3.8) is 0 Å². The molecule has 3 aromatic rings. The molecule has 150 valence electrons. The molecule has 29 heavy (non-hydrogen) atoms. The molecule has 9 heteroatoms. The Bertz CT molecular complexity index is 1160. The van der Waals surface area contributed by atoms with Gasteiger partial charge in [0.1, 0.15) is 10.7 Å². The maximum atomic E-state index is 12.7. The molecule has 0 fully saturated rings. The molecule has 0 radical (unpaired) electrons. The predicted octanol–water partition coefficient (Wildman–Crippen LogP) is 3.59. The van der Waals surface area contributed by atoms with Gasteiger partial charge in [0.2, 0.25) is 10.0 Å². The number of carbonyl (C=O) groups is 1. The van der Waals surface area contributed by atoms with Gasteiger partial charge in [0, 0.05) is 24.0 Å². The van der Waals surface area contributed by atoms with Crippen LogP contribution in [0, 0.1) is 0 Å². The summed E-state index contributed by atoms with van der Waals surface area (Å²) in [6.45, 7) is 0.446. The highest BCUT2D eigenvalue weighted by atomic mass is 35.5. The van der Waals surface area contributed by atoms with Crippen LogP contribution in [0.5, 0.6) is 0 Å². The molecule has 0 aliphatic carbocycles. The Labute approximate surface area is 178 Å². The van der Waals surface area contributed by atoms with Crippen LogP contribution in [0.25, 0.3) is 10.6 Å². The lowest BCUT2D eigenvalue weighted by Gasteiger charge is -2.19. The average Bonchev–Trinajstić information content (AvgIpc) is 3.36. The molecule has 0 saturated heterocycles. The van der Waals surface area contributed by atoms with Gasteiger partial charge in [0.15, 0.2) is 0 Å². The Hall–Kier alpha value is -2.42. The van der Waals surface area contributed by atoms with E-state index in [1.807, 2.05) is 42.5 Å². The zero-order valence-corrected chi connectivity index (χ0v) is 17.7. The van der Waals surface area contributed by atoms with Crippen LogP contribution in [0.15, 0.2) is 53.9 Å². The van der Waals surface area contributed by atoms with Gasteiger partial charge in [-0.05, 0) is 24.1 Å². The standard InChI is InChI=1S/C20H18ClN3O3S2/c21-16-7-3-2-6-15(16)20-23-17(13-28-20)19(25)22-10-12-29(26,27)24-11-9-14-5-1-4-8-18(14)24/h1-8,13H,9-12H2,(H,22,25). The molecule has 1 aliphatic rings. The summed E-state index contributed by atoms with van der Waals surface area (Å²) >= 11 is 7.49. The summed E-state index contributed by atoms with van der Waals surface area (Å²) in [5.41, 5.74) is 2.75. The molecule has 1 aliphatic heterocycles. The number of carbonyl (C=O) groups excluding carboxylic acids is 1.